The zero-order valence-electron chi connectivity index (χ0n) is 15.8. The van der Waals surface area contributed by atoms with Crippen molar-refractivity contribution in [2.24, 2.45) is 0 Å². The number of aryl methyl sites for hydroxylation is 1. The lowest BCUT2D eigenvalue weighted by atomic mass is 10.1. The average molecular weight is 385 g/mol. The largest absolute Gasteiger partial charge is 0.411 e. The van der Waals surface area contributed by atoms with Crippen LogP contribution < -0.4 is 5.32 Å². The molecule has 0 fully saturated rings. The summed E-state index contributed by atoms with van der Waals surface area (Å²) in [5.74, 6) is 0.993. The van der Waals surface area contributed by atoms with E-state index in [1.54, 1.807) is 19.2 Å². The number of hydrogen-bond donors (Lipinski definition) is 1. The summed E-state index contributed by atoms with van der Waals surface area (Å²) in [4.78, 5) is 12.5. The number of rotatable bonds is 7. The van der Waals surface area contributed by atoms with E-state index in [2.05, 4.69) is 34.5 Å². The fourth-order valence-corrected chi connectivity index (χ4v) is 3.12. The minimum atomic E-state index is -0.392. The molecule has 1 amide bonds. The predicted octanol–water partition coefficient (Wildman–Crippen LogP) is 4.33. The topological polar surface area (TPSA) is 85.8 Å². The highest BCUT2D eigenvalue weighted by Gasteiger charge is 2.20. The third-order valence-corrected chi connectivity index (χ3v) is 5.22. The van der Waals surface area contributed by atoms with Crippen LogP contribution in [0.25, 0.3) is 11.5 Å². The minimum absolute atomic E-state index is 0.139. The van der Waals surface area contributed by atoms with Gasteiger partial charge in [-0.15, -0.1) is 10.2 Å². The number of anilines is 1. The number of nitrogens with zero attached hydrogens (tertiary/aromatic N) is 4. The summed E-state index contributed by atoms with van der Waals surface area (Å²) in [6.07, 6.45) is 2.62. The third kappa shape index (κ3) is 4.57. The maximum absolute atomic E-state index is 12.5. The van der Waals surface area contributed by atoms with E-state index in [1.165, 1.54) is 11.8 Å². The van der Waals surface area contributed by atoms with Gasteiger partial charge in [-0.3, -0.25) is 4.79 Å². The van der Waals surface area contributed by atoms with Gasteiger partial charge < -0.3 is 9.73 Å². The number of amides is 1. The molecule has 1 aromatic carbocycles. The van der Waals surface area contributed by atoms with Crippen LogP contribution in [-0.2, 0) is 4.79 Å². The summed E-state index contributed by atoms with van der Waals surface area (Å²) in [6, 6.07) is 9.86. The molecular weight excluding hydrogens is 362 g/mol. The maximum atomic E-state index is 12.5. The lowest BCUT2D eigenvalue weighted by molar-refractivity contribution is -0.115. The van der Waals surface area contributed by atoms with Gasteiger partial charge in [-0.2, -0.15) is 5.10 Å². The van der Waals surface area contributed by atoms with E-state index < -0.39 is 5.25 Å². The number of carbonyl (C=O) groups excluding carboxylic acids is 1. The molecule has 27 heavy (non-hydrogen) atoms. The van der Waals surface area contributed by atoms with Gasteiger partial charge >= 0.3 is 0 Å². The van der Waals surface area contributed by atoms with E-state index in [4.69, 9.17) is 4.42 Å². The van der Waals surface area contributed by atoms with E-state index in [0.29, 0.717) is 16.9 Å². The van der Waals surface area contributed by atoms with E-state index in [9.17, 15) is 4.79 Å². The highest BCUT2D eigenvalue weighted by atomic mass is 32.2. The first kappa shape index (κ1) is 19.2. The molecule has 142 valence electrons. The molecule has 0 aliphatic carbocycles. The van der Waals surface area contributed by atoms with E-state index in [-0.39, 0.29) is 11.9 Å². The number of aromatic nitrogens is 4. The van der Waals surface area contributed by atoms with Crippen molar-refractivity contribution in [2.75, 3.05) is 5.32 Å². The highest BCUT2D eigenvalue weighted by molar-refractivity contribution is 8.00. The molecule has 3 aromatic rings. The summed E-state index contributed by atoms with van der Waals surface area (Å²) in [5.41, 5.74) is 2.02. The molecule has 0 spiro atoms. The first-order valence-corrected chi connectivity index (χ1v) is 9.77. The molecular formula is C19H23N5O2S. The molecule has 0 bridgehead atoms. The van der Waals surface area contributed by atoms with E-state index in [0.717, 1.165) is 17.5 Å². The molecule has 2 heterocycles. The number of nitrogens with one attached hydrogen (secondary N) is 1. The van der Waals surface area contributed by atoms with Crippen molar-refractivity contribution in [1.82, 2.24) is 20.0 Å². The second-order valence-electron chi connectivity index (χ2n) is 6.41. The highest BCUT2D eigenvalue weighted by Crippen LogP contribution is 2.27. The Morgan fingerprint density at radius 1 is 1.22 bits per heavy atom. The molecule has 0 saturated carbocycles. The third-order valence-electron chi connectivity index (χ3n) is 4.28. The molecule has 0 aliphatic rings. The Kier molecular flexibility index (Phi) is 5.95. The Morgan fingerprint density at radius 2 is 1.96 bits per heavy atom. The number of hydrogen-bond acceptors (Lipinski definition) is 6. The molecule has 7 nitrogen and oxygen atoms in total. The molecule has 3 rings (SSSR count). The van der Waals surface area contributed by atoms with Crippen LogP contribution in [0.15, 0.2) is 46.2 Å². The van der Waals surface area contributed by atoms with Gasteiger partial charge in [0, 0.05) is 11.6 Å². The Balaban J connectivity index is 1.64. The van der Waals surface area contributed by atoms with Crippen molar-refractivity contribution in [1.29, 1.82) is 0 Å². The normalized spacial score (nSPS) is 13.3. The smallest absolute Gasteiger partial charge is 0.277 e. The van der Waals surface area contributed by atoms with Gasteiger partial charge in [-0.1, -0.05) is 36.4 Å². The predicted molar refractivity (Wildman–Crippen MR) is 106 cm³/mol. The fraction of sp³-hybridized carbons (Fsp3) is 0.368. The van der Waals surface area contributed by atoms with Crippen molar-refractivity contribution in [3.05, 3.63) is 42.1 Å². The van der Waals surface area contributed by atoms with Gasteiger partial charge in [0.2, 0.25) is 11.8 Å². The van der Waals surface area contributed by atoms with Gasteiger partial charge in [-0.25, -0.2) is 4.68 Å². The molecule has 0 saturated heterocycles. The molecule has 0 unspecified atom stereocenters. The van der Waals surface area contributed by atoms with E-state index >= 15 is 0 Å². The first-order chi connectivity index (χ1) is 13.0. The Labute approximate surface area is 162 Å². The monoisotopic (exact) mass is 385 g/mol. The summed E-state index contributed by atoms with van der Waals surface area (Å²) >= 11 is 1.23. The quantitative estimate of drug-likeness (QED) is 0.609. The van der Waals surface area contributed by atoms with Crippen LogP contribution in [0.5, 0.6) is 0 Å². The first-order valence-electron chi connectivity index (χ1n) is 8.89. The van der Waals surface area contributed by atoms with Gasteiger partial charge in [0.1, 0.15) is 5.82 Å². The van der Waals surface area contributed by atoms with Crippen molar-refractivity contribution >= 4 is 23.5 Å². The zero-order valence-corrected chi connectivity index (χ0v) is 16.7. The molecule has 0 radical (unpaired) electrons. The second-order valence-corrected chi connectivity index (χ2v) is 7.70. The van der Waals surface area contributed by atoms with Crippen LogP contribution in [0.3, 0.4) is 0 Å². The van der Waals surface area contributed by atoms with Crippen LogP contribution in [0.1, 0.15) is 38.8 Å². The van der Waals surface area contributed by atoms with Crippen molar-refractivity contribution in [2.45, 2.75) is 50.6 Å². The minimum Gasteiger partial charge on any atom is -0.411 e. The van der Waals surface area contributed by atoms with Gasteiger partial charge in [-0.05, 0) is 39.3 Å². The van der Waals surface area contributed by atoms with Gasteiger partial charge in [0.05, 0.1) is 17.5 Å². The summed E-state index contributed by atoms with van der Waals surface area (Å²) in [5, 5.41) is 15.3. The van der Waals surface area contributed by atoms with Gasteiger partial charge in [0.15, 0.2) is 0 Å². The average Bonchev–Trinajstić information content (AvgIpc) is 3.31. The number of benzene rings is 1. The number of thioether (sulfide) groups is 1. The maximum Gasteiger partial charge on any atom is 0.277 e. The van der Waals surface area contributed by atoms with E-state index in [1.807, 2.05) is 35.9 Å². The summed E-state index contributed by atoms with van der Waals surface area (Å²) in [7, 11) is 0. The van der Waals surface area contributed by atoms with Crippen LogP contribution in [-0.4, -0.2) is 31.1 Å². The fourth-order valence-electron chi connectivity index (χ4n) is 2.44. The molecule has 2 aromatic heterocycles. The van der Waals surface area contributed by atoms with Crippen LogP contribution >= 0.6 is 11.8 Å². The van der Waals surface area contributed by atoms with Gasteiger partial charge in [0.25, 0.3) is 5.22 Å². The van der Waals surface area contributed by atoms with Crippen LogP contribution in [0.2, 0.25) is 0 Å². The van der Waals surface area contributed by atoms with Crippen LogP contribution in [0.4, 0.5) is 5.82 Å². The summed E-state index contributed by atoms with van der Waals surface area (Å²) in [6.45, 7) is 7.97. The van der Waals surface area contributed by atoms with Crippen LogP contribution in [0, 0.1) is 6.92 Å². The molecule has 8 heteroatoms. The molecule has 0 aliphatic heterocycles. The standard InChI is InChI=1S/C19H23N5O2S/c1-5-13(3)24-16(10-11-20-24)21-17(25)14(4)27-19-23-22-18(26-19)15-8-6-12(2)7-9-15/h6-11,13-14H,5H2,1-4H3,(H,21,25)/t13-,14-/m0/s1. The number of carbonyl (C=O) groups is 1. The Morgan fingerprint density at radius 3 is 2.67 bits per heavy atom. The lowest BCUT2D eigenvalue weighted by Crippen LogP contribution is -2.24. The Hall–Kier alpha value is -2.61. The Bertz CT molecular complexity index is 903. The zero-order chi connectivity index (χ0) is 19.4. The molecule has 1 N–H and O–H groups in total. The van der Waals surface area contributed by atoms with Crippen molar-refractivity contribution in [3.8, 4) is 11.5 Å². The SMILES string of the molecule is CC[C@H](C)n1nccc1NC(=O)[C@H](C)Sc1nnc(-c2ccc(C)cc2)o1. The molecule has 2 atom stereocenters. The van der Waals surface area contributed by atoms with Crippen molar-refractivity contribution < 1.29 is 9.21 Å². The van der Waals surface area contributed by atoms with Crippen molar-refractivity contribution in [3.63, 3.8) is 0 Å². The lowest BCUT2D eigenvalue weighted by Gasteiger charge is -2.15. The summed E-state index contributed by atoms with van der Waals surface area (Å²) < 4.78 is 7.51. The second kappa shape index (κ2) is 8.39.